The fourth-order valence-corrected chi connectivity index (χ4v) is 11.0. The predicted molar refractivity (Wildman–Crippen MR) is 263 cm³/mol. The Hall–Kier alpha value is -6.72. The number of hydrogen-bond donors (Lipinski definition) is 0. The van der Waals surface area contributed by atoms with E-state index in [2.05, 4.69) is 218 Å². The number of benzene rings is 7. The lowest BCUT2D eigenvalue weighted by Crippen LogP contribution is -2.55. The standard InChI is InChI=1S/C59H56N3O2/c1-36(2)42-21-17-22-43(37(3)4)56(42)61-54(63)35-55(64)62(57-44(38(5)6)23-18-24-45(57)39(7)8)58(61)40-31-33-41(34-32-40)60-52-29-15-13-27-50(52)59(51-28-14-16-30-53(51)60)48-25-11-9-19-46(48)47-20-10-12-26-49(47)59/h9-34,36-39H,35H2,1-8H3. The topological polar surface area (TPSA) is 43.9 Å². The van der Waals surface area contributed by atoms with E-state index in [0.29, 0.717) is 6.17 Å². The van der Waals surface area contributed by atoms with Crippen molar-refractivity contribution in [1.82, 2.24) is 0 Å². The van der Waals surface area contributed by atoms with Crippen LogP contribution < -0.4 is 14.7 Å². The monoisotopic (exact) mass is 838 g/mol. The normalized spacial score (nSPS) is 15.4. The molecule has 1 spiro atoms. The minimum absolute atomic E-state index is 0.131. The fraction of sp³-hybridized carbons (Fsp3) is 0.237. The van der Waals surface area contributed by atoms with Gasteiger partial charge in [0.05, 0.1) is 28.2 Å². The molecule has 1 aliphatic carbocycles. The van der Waals surface area contributed by atoms with Gasteiger partial charge in [0.1, 0.15) is 6.42 Å². The summed E-state index contributed by atoms with van der Waals surface area (Å²) < 4.78 is 0. The van der Waals surface area contributed by atoms with Crippen LogP contribution in [0.25, 0.3) is 11.1 Å². The van der Waals surface area contributed by atoms with Crippen molar-refractivity contribution in [2.45, 2.75) is 90.9 Å². The van der Waals surface area contributed by atoms with Gasteiger partial charge in [-0.25, -0.2) is 0 Å². The number of nitrogens with zero attached hydrogens (tertiary/aromatic N) is 3. The predicted octanol–water partition coefficient (Wildman–Crippen LogP) is 14.6. The first-order valence-corrected chi connectivity index (χ1v) is 23.0. The van der Waals surface area contributed by atoms with E-state index in [1.807, 2.05) is 9.80 Å². The smallest absolute Gasteiger partial charge is 0.238 e. The molecule has 10 rings (SSSR count). The SMILES string of the molecule is CC(C)c1cccc(C(C)C)c1N1[C](c2ccc(N3c4ccccc4C4(c5ccccc5-c5ccccc54)c4ccccc43)cc2)N(c2c(C(C)C)cccc2C(C)C)C(=O)CC1=O. The van der Waals surface area contributed by atoms with Crippen LogP contribution in [0.2, 0.25) is 0 Å². The quantitative estimate of drug-likeness (QED) is 0.143. The lowest BCUT2D eigenvalue weighted by Gasteiger charge is -2.46. The Balaban J connectivity index is 1.19. The molecule has 0 unspecified atom stereocenters. The second kappa shape index (κ2) is 15.8. The minimum atomic E-state index is -0.508. The maximum absolute atomic E-state index is 14.9. The number of anilines is 5. The zero-order valence-electron chi connectivity index (χ0n) is 38.2. The second-order valence-electron chi connectivity index (χ2n) is 18.9. The van der Waals surface area contributed by atoms with E-state index in [-0.39, 0.29) is 41.9 Å². The van der Waals surface area contributed by atoms with Crippen LogP contribution in [0.1, 0.15) is 136 Å². The van der Waals surface area contributed by atoms with Crippen LogP contribution in [0, 0.1) is 6.17 Å². The summed E-state index contributed by atoms with van der Waals surface area (Å²) in [6.07, 6.45) is 0.348. The molecular formula is C59H56N3O2. The van der Waals surface area contributed by atoms with Gasteiger partial charge in [-0.15, -0.1) is 0 Å². The molecule has 0 saturated carbocycles. The molecule has 1 fully saturated rings. The number of fused-ring (bicyclic) bond motifs is 9. The molecule has 64 heavy (non-hydrogen) atoms. The third-order valence-electron chi connectivity index (χ3n) is 13.8. The highest BCUT2D eigenvalue weighted by Crippen LogP contribution is 2.63. The van der Waals surface area contributed by atoms with Crippen LogP contribution >= 0.6 is 0 Å². The van der Waals surface area contributed by atoms with Gasteiger partial charge in [0.2, 0.25) is 18.0 Å². The molecule has 1 saturated heterocycles. The Bertz CT molecular complexity index is 2730. The Labute approximate surface area is 379 Å². The molecule has 7 aromatic rings. The highest BCUT2D eigenvalue weighted by atomic mass is 16.2. The maximum atomic E-state index is 14.9. The number of carbonyl (C=O) groups excluding carboxylic acids is 2. The molecule has 0 aromatic heterocycles. The molecule has 5 heteroatoms. The van der Waals surface area contributed by atoms with Crippen molar-refractivity contribution >= 4 is 40.3 Å². The lowest BCUT2D eigenvalue weighted by atomic mass is 9.64. The summed E-state index contributed by atoms with van der Waals surface area (Å²) in [5.41, 5.74) is 17.1. The molecule has 1 radical (unpaired) electrons. The molecule has 0 N–H and O–H groups in total. The van der Waals surface area contributed by atoms with E-state index in [1.54, 1.807) is 0 Å². The van der Waals surface area contributed by atoms with Gasteiger partial charge in [-0.3, -0.25) is 19.4 Å². The summed E-state index contributed by atoms with van der Waals surface area (Å²) in [5.74, 6) is 0.0892. The molecule has 2 heterocycles. The lowest BCUT2D eigenvalue weighted by molar-refractivity contribution is -0.128. The van der Waals surface area contributed by atoms with Crippen molar-refractivity contribution in [3.63, 3.8) is 0 Å². The van der Waals surface area contributed by atoms with E-state index >= 15 is 0 Å². The molecule has 5 nitrogen and oxygen atoms in total. The van der Waals surface area contributed by atoms with Crippen LogP contribution in [0.5, 0.6) is 0 Å². The first kappa shape index (κ1) is 41.3. The largest absolute Gasteiger partial charge is 0.310 e. The maximum Gasteiger partial charge on any atom is 0.238 e. The zero-order valence-corrected chi connectivity index (χ0v) is 38.2. The number of hydrogen-bond acceptors (Lipinski definition) is 3. The van der Waals surface area contributed by atoms with Crippen LogP contribution in [-0.4, -0.2) is 11.8 Å². The molecule has 3 aliphatic rings. The van der Waals surface area contributed by atoms with Crippen LogP contribution in [0.4, 0.5) is 28.4 Å². The van der Waals surface area contributed by atoms with E-state index < -0.39 is 5.41 Å². The summed E-state index contributed by atoms with van der Waals surface area (Å²) in [6.45, 7) is 17.5. The van der Waals surface area contributed by atoms with E-state index in [1.165, 1.54) is 33.4 Å². The Morgan fingerprint density at radius 1 is 0.391 bits per heavy atom. The summed E-state index contributed by atoms with van der Waals surface area (Å²) in [5, 5.41) is 0. The molecule has 319 valence electrons. The highest BCUT2D eigenvalue weighted by molar-refractivity contribution is 6.18. The molecule has 2 aliphatic heterocycles. The molecule has 0 atom stereocenters. The zero-order chi connectivity index (χ0) is 44.6. The Morgan fingerprint density at radius 3 is 1.14 bits per heavy atom. The van der Waals surface area contributed by atoms with Gasteiger partial charge >= 0.3 is 0 Å². The van der Waals surface area contributed by atoms with Crippen LogP contribution in [-0.2, 0) is 15.0 Å². The molecule has 7 aromatic carbocycles. The van der Waals surface area contributed by atoms with Gasteiger partial charge in [-0.2, -0.15) is 0 Å². The third-order valence-corrected chi connectivity index (χ3v) is 13.8. The van der Waals surface area contributed by atoms with Crippen molar-refractivity contribution in [1.29, 1.82) is 0 Å². The highest BCUT2D eigenvalue weighted by Gasteiger charge is 2.52. The summed E-state index contributed by atoms with van der Waals surface area (Å²) in [4.78, 5) is 36.0. The molecule has 2 amide bonds. The van der Waals surface area contributed by atoms with Gasteiger partial charge < -0.3 is 4.90 Å². The Kier molecular flexibility index (Phi) is 10.2. The van der Waals surface area contributed by atoms with E-state index in [9.17, 15) is 9.59 Å². The van der Waals surface area contributed by atoms with Gasteiger partial charge in [0.15, 0.2) is 0 Å². The number of rotatable bonds is 8. The first-order valence-electron chi connectivity index (χ1n) is 23.0. The van der Waals surface area contributed by atoms with Gasteiger partial charge in [-0.05, 0) is 104 Å². The fourth-order valence-electron chi connectivity index (χ4n) is 11.0. The van der Waals surface area contributed by atoms with Crippen molar-refractivity contribution < 1.29 is 9.59 Å². The average Bonchev–Trinajstić information content (AvgIpc) is 3.59. The van der Waals surface area contributed by atoms with Crippen molar-refractivity contribution in [3.8, 4) is 11.1 Å². The average molecular weight is 839 g/mol. The van der Waals surface area contributed by atoms with Crippen molar-refractivity contribution in [2.75, 3.05) is 14.7 Å². The summed E-state index contributed by atoms with van der Waals surface area (Å²) in [6, 6.07) is 56.8. The van der Waals surface area contributed by atoms with Gasteiger partial charge in [0.25, 0.3) is 0 Å². The van der Waals surface area contributed by atoms with Crippen LogP contribution in [0.15, 0.2) is 158 Å². The van der Waals surface area contributed by atoms with E-state index in [0.717, 1.165) is 56.3 Å². The molecular weight excluding hydrogens is 783 g/mol. The van der Waals surface area contributed by atoms with Gasteiger partial charge in [-0.1, -0.05) is 189 Å². The van der Waals surface area contributed by atoms with Gasteiger partial charge in [0, 0.05) is 11.3 Å². The number of amides is 2. The van der Waals surface area contributed by atoms with Crippen LogP contribution in [0.3, 0.4) is 0 Å². The molecule has 0 bridgehead atoms. The van der Waals surface area contributed by atoms with E-state index in [4.69, 9.17) is 0 Å². The number of para-hydroxylation sites is 4. The minimum Gasteiger partial charge on any atom is -0.310 e. The Morgan fingerprint density at radius 2 is 0.750 bits per heavy atom. The van der Waals surface area contributed by atoms with Crippen molar-refractivity contribution in [3.05, 3.63) is 214 Å². The summed E-state index contributed by atoms with van der Waals surface area (Å²) >= 11 is 0. The number of carbonyl (C=O) groups is 2. The third kappa shape index (κ3) is 6.11. The van der Waals surface area contributed by atoms with Crippen molar-refractivity contribution in [2.24, 2.45) is 0 Å². The second-order valence-corrected chi connectivity index (χ2v) is 18.9. The first-order chi connectivity index (χ1) is 30.9. The summed E-state index contributed by atoms with van der Waals surface area (Å²) in [7, 11) is 0.